The predicted octanol–water partition coefficient (Wildman–Crippen LogP) is 1.68. The molecule has 60 valence electrons. The van der Waals surface area contributed by atoms with E-state index in [0.717, 1.165) is 5.57 Å². The standard InChI is InChI=1S/C9H12O2/c1-7-5-4-6-9(7,2)8(10)11-3/h4-5H,1,6H2,2-3H3. The average Bonchev–Trinajstić information content (AvgIpc) is 2.32. The molecule has 0 N–H and O–H groups in total. The second kappa shape index (κ2) is 2.53. The Morgan fingerprint density at radius 3 is 2.82 bits per heavy atom. The van der Waals surface area contributed by atoms with E-state index in [1.807, 2.05) is 19.1 Å². The molecule has 0 fully saturated rings. The number of methoxy groups -OCH3 is 1. The molecular weight excluding hydrogens is 140 g/mol. The molecule has 0 heterocycles. The summed E-state index contributed by atoms with van der Waals surface area (Å²) < 4.78 is 4.67. The van der Waals surface area contributed by atoms with Crippen LogP contribution in [0.25, 0.3) is 0 Å². The molecule has 2 heteroatoms. The summed E-state index contributed by atoms with van der Waals surface area (Å²) in [4.78, 5) is 11.2. The van der Waals surface area contributed by atoms with Gasteiger partial charge < -0.3 is 4.74 Å². The molecule has 1 atom stereocenters. The lowest BCUT2D eigenvalue weighted by atomic mass is 9.85. The van der Waals surface area contributed by atoms with Crippen LogP contribution < -0.4 is 0 Å². The lowest BCUT2D eigenvalue weighted by Crippen LogP contribution is -2.27. The Morgan fingerprint density at radius 2 is 2.45 bits per heavy atom. The molecule has 0 amide bonds. The van der Waals surface area contributed by atoms with Crippen LogP contribution in [-0.2, 0) is 9.53 Å². The van der Waals surface area contributed by atoms with E-state index in [2.05, 4.69) is 11.3 Å². The van der Waals surface area contributed by atoms with Crippen molar-refractivity contribution in [1.82, 2.24) is 0 Å². The van der Waals surface area contributed by atoms with Crippen LogP contribution in [0.1, 0.15) is 13.3 Å². The van der Waals surface area contributed by atoms with Crippen LogP contribution in [0.5, 0.6) is 0 Å². The Labute approximate surface area is 66.5 Å². The van der Waals surface area contributed by atoms with Gasteiger partial charge in [0.25, 0.3) is 0 Å². The smallest absolute Gasteiger partial charge is 0.316 e. The third kappa shape index (κ3) is 1.09. The van der Waals surface area contributed by atoms with E-state index in [1.165, 1.54) is 7.11 Å². The summed E-state index contributed by atoms with van der Waals surface area (Å²) in [6.45, 7) is 5.64. The average molecular weight is 152 g/mol. The highest BCUT2D eigenvalue weighted by molar-refractivity contribution is 5.82. The molecule has 0 aromatic heterocycles. The fourth-order valence-electron chi connectivity index (χ4n) is 1.19. The third-order valence-electron chi connectivity index (χ3n) is 2.19. The summed E-state index contributed by atoms with van der Waals surface area (Å²) in [7, 11) is 1.40. The van der Waals surface area contributed by atoms with E-state index in [0.29, 0.717) is 6.42 Å². The topological polar surface area (TPSA) is 26.3 Å². The molecular formula is C9H12O2. The Hall–Kier alpha value is -1.05. The molecule has 0 aromatic carbocycles. The molecule has 0 saturated heterocycles. The fraction of sp³-hybridized carbons (Fsp3) is 0.444. The minimum Gasteiger partial charge on any atom is -0.468 e. The minimum absolute atomic E-state index is 0.201. The number of ether oxygens (including phenoxy) is 1. The van der Waals surface area contributed by atoms with Crippen LogP contribution in [0, 0.1) is 5.41 Å². The van der Waals surface area contributed by atoms with Gasteiger partial charge in [-0.2, -0.15) is 0 Å². The zero-order chi connectivity index (χ0) is 8.48. The number of hydrogen-bond acceptors (Lipinski definition) is 2. The molecule has 11 heavy (non-hydrogen) atoms. The quantitative estimate of drug-likeness (QED) is 0.534. The number of hydrogen-bond donors (Lipinski definition) is 0. The van der Waals surface area contributed by atoms with Gasteiger partial charge in [0, 0.05) is 0 Å². The first-order valence-corrected chi connectivity index (χ1v) is 3.55. The van der Waals surface area contributed by atoms with E-state index < -0.39 is 5.41 Å². The van der Waals surface area contributed by atoms with Crippen molar-refractivity contribution < 1.29 is 9.53 Å². The number of carbonyl (C=O) groups excluding carboxylic acids is 1. The van der Waals surface area contributed by atoms with Gasteiger partial charge in [0.15, 0.2) is 0 Å². The number of esters is 1. The van der Waals surface area contributed by atoms with Crippen molar-refractivity contribution in [2.75, 3.05) is 7.11 Å². The molecule has 1 rings (SSSR count). The highest BCUT2D eigenvalue weighted by Crippen LogP contribution is 2.37. The van der Waals surface area contributed by atoms with Crippen LogP contribution in [0.15, 0.2) is 24.3 Å². The highest BCUT2D eigenvalue weighted by Gasteiger charge is 2.37. The van der Waals surface area contributed by atoms with Gasteiger partial charge in [-0.3, -0.25) is 4.79 Å². The second-order valence-corrected chi connectivity index (χ2v) is 2.96. The Bertz CT molecular complexity index is 228. The van der Waals surface area contributed by atoms with Gasteiger partial charge in [-0.05, 0) is 18.9 Å². The summed E-state index contributed by atoms with van der Waals surface area (Å²) in [6.07, 6.45) is 4.52. The lowest BCUT2D eigenvalue weighted by molar-refractivity contribution is -0.148. The van der Waals surface area contributed by atoms with Gasteiger partial charge in [0.05, 0.1) is 12.5 Å². The van der Waals surface area contributed by atoms with Crippen molar-refractivity contribution >= 4 is 5.97 Å². The molecule has 0 bridgehead atoms. The van der Waals surface area contributed by atoms with Crippen molar-refractivity contribution in [2.24, 2.45) is 5.41 Å². The van der Waals surface area contributed by atoms with Gasteiger partial charge in [-0.15, -0.1) is 0 Å². The van der Waals surface area contributed by atoms with Gasteiger partial charge in [-0.25, -0.2) is 0 Å². The summed E-state index contributed by atoms with van der Waals surface area (Å²) in [5.74, 6) is -0.201. The van der Waals surface area contributed by atoms with Gasteiger partial charge in [0.1, 0.15) is 0 Å². The molecule has 0 saturated carbocycles. The van der Waals surface area contributed by atoms with Crippen molar-refractivity contribution in [1.29, 1.82) is 0 Å². The molecule has 0 aliphatic heterocycles. The second-order valence-electron chi connectivity index (χ2n) is 2.96. The number of rotatable bonds is 1. The van der Waals surface area contributed by atoms with E-state index in [1.54, 1.807) is 0 Å². The molecule has 2 nitrogen and oxygen atoms in total. The van der Waals surface area contributed by atoms with E-state index >= 15 is 0 Å². The van der Waals surface area contributed by atoms with Crippen LogP contribution in [0.3, 0.4) is 0 Å². The first kappa shape index (κ1) is 8.05. The largest absolute Gasteiger partial charge is 0.468 e. The third-order valence-corrected chi connectivity index (χ3v) is 2.19. The van der Waals surface area contributed by atoms with Gasteiger partial charge in [-0.1, -0.05) is 18.7 Å². The normalized spacial score (nSPS) is 29.1. The van der Waals surface area contributed by atoms with E-state index in [9.17, 15) is 4.79 Å². The summed E-state index contributed by atoms with van der Waals surface area (Å²) in [6, 6.07) is 0. The van der Waals surface area contributed by atoms with Gasteiger partial charge in [0.2, 0.25) is 0 Å². The zero-order valence-electron chi connectivity index (χ0n) is 6.89. The first-order valence-electron chi connectivity index (χ1n) is 3.55. The zero-order valence-corrected chi connectivity index (χ0v) is 6.89. The Morgan fingerprint density at radius 1 is 1.82 bits per heavy atom. The monoisotopic (exact) mass is 152 g/mol. The minimum atomic E-state index is -0.505. The summed E-state index contributed by atoms with van der Waals surface area (Å²) in [5.41, 5.74) is 0.332. The van der Waals surface area contributed by atoms with Crippen LogP contribution >= 0.6 is 0 Å². The molecule has 1 unspecified atom stereocenters. The van der Waals surface area contributed by atoms with Crippen molar-refractivity contribution in [3.63, 3.8) is 0 Å². The first-order chi connectivity index (χ1) is 5.11. The SMILES string of the molecule is C=C1C=CCC1(C)C(=O)OC. The van der Waals surface area contributed by atoms with Crippen molar-refractivity contribution in [3.8, 4) is 0 Å². The van der Waals surface area contributed by atoms with E-state index in [4.69, 9.17) is 0 Å². The van der Waals surface area contributed by atoms with Crippen molar-refractivity contribution in [2.45, 2.75) is 13.3 Å². The Balaban J connectivity index is 2.84. The van der Waals surface area contributed by atoms with Crippen LogP contribution in [0.2, 0.25) is 0 Å². The predicted molar refractivity (Wildman–Crippen MR) is 43.0 cm³/mol. The maximum atomic E-state index is 11.2. The maximum Gasteiger partial charge on any atom is 0.316 e. The van der Waals surface area contributed by atoms with Crippen LogP contribution in [0.4, 0.5) is 0 Å². The fourth-order valence-corrected chi connectivity index (χ4v) is 1.19. The molecule has 0 spiro atoms. The molecule has 1 aliphatic carbocycles. The van der Waals surface area contributed by atoms with Gasteiger partial charge >= 0.3 is 5.97 Å². The Kier molecular flexibility index (Phi) is 1.85. The molecule has 0 aromatic rings. The number of allylic oxidation sites excluding steroid dienone is 2. The van der Waals surface area contributed by atoms with Crippen LogP contribution in [-0.4, -0.2) is 13.1 Å². The molecule has 0 radical (unpaired) electrons. The summed E-state index contributed by atoms with van der Waals surface area (Å²) in [5, 5.41) is 0. The molecule has 1 aliphatic rings. The maximum absolute atomic E-state index is 11.2. The lowest BCUT2D eigenvalue weighted by Gasteiger charge is -2.21. The van der Waals surface area contributed by atoms with E-state index in [-0.39, 0.29) is 5.97 Å². The highest BCUT2D eigenvalue weighted by atomic mass is 16.5. The summed E-state index contributed by atoms with van der Waals surface area (Å²) >= 11 is 0. The number of carbonyl (C=O) groups is 1. The van der Waals surface area contributed by atoms with Crippen molar-refractivity contribution in [3.05, 3.63) is 24.3 Å².